The molecule has 0 aliphatic carbocycles. The standard InChI is InChI=1S/C17H14F5N3/c1-2-17(21,22)9-25-8-15-14(24-25)6-11(7-23-15)10-3-4-13(18)12(5-10)16(19)20/h3-8,16H,2,9H2,1H3. The molecule has 0 saturated heterocycles. The van der Waals surface area contributed by atoms with Gasteiger partial charge in [-0.25, -0.2) is 22.0 Å². The van der Waals surface area contributed by atoms with Gasteiger partial charge in [0.2, 0.25) is 0 Å². The number of hydrogen-bond acceptors (Lipinski definition) is 2. The summed E-state index contributed by atoms with van der Waals surface area (Å²) >= 11 is 0. The maximum absolute atomic E-state index is 13.5. The quantitative estimate of drug-likeness (QED) is 0.588. The molecule has 3 rings (SSSR count). The highest BCUT2D eigenvalue weighted by Crippen LogP contribution is 2.29. The number of benzene rings is 1. The smallest absolute Gasteiger partial charge is 0.264 e. The minimum atomic E-state index is -2.94. The van der Waals surface area contributed by atoms with Crippen molar-refractivity contribution in [2.75, 3.05) is 0 Å². The number of halogens is 5. The van der Waals surface area contributed by atoms with Crippen molar-refractivity contribution in [1.29, 1.82) is 0 Å². The van der Waals surface area contributed by atoms with Crippen LogP contribution < -0.4 is 0 Å². The molecule has 0 bridgehead atoms. The van der Waals surface area contributed by atoms with Crippen LogP contribution in [0.25, 0.3) is 22.2 Å². The van der Waals surface area contributed by atoms with E-state index < -0.39 is 30.3 Å². The lowest BCUT2D eigenvalue weighted by atomic mass is 10.0. The Balaban J connectivity index is 1.98. The molecular weight excluding hydrogens is 341 g/mol. The van der Waals surface area contributed by atoms with Crippen LogP contribution in [-0.2, 0) is 6.54 Å². The topological polar surface area (TPSA) is 30.7 Å². The number of fused-ring (bicyclic) bond motifs is 1. The predicted molar refractivity (Wildman–Crippen MR) is 83.1 cm³/mol. The first-order valence-electron chi connectivity index (χ1n) is 7.58. The average Bonchev–Trinajstić information content (AvgIpc) is 2.95. The largest absolute Gasteiger partial charge is 0.267 e. The lowest BCUT2D eigenvalue weighted by Crippen LogP contribution is -2.22. The van der Waals surface area contributed by atoms with Gasteiger partial charge in [0.15, 0.2) is 0 Å². The van der Waals surface area contributed by atoms with E-state index >= 15 is 0 Å². The van der Waals surface area contributed by atoms with E-state index in [2.05, 4.69) is 10.1 Å². The van der Waals surface area contributed by atoms with Crippen LogP contribution in [0.1, 0.15) is 25.3 Å². The molecule has 2 heterocycles. The molecule has 0 aliphatic rings. The molecular formula is C17H14F5N3. The second-order valence-electron chi connectivity index (χ2n) is 5.70. The van der Waals surface area contributed by atoms with Crippen LogP contribution >= 0.6 is 0 Å². The Kier molecular flexibility index (Phi) is 4.45. The van der Waals surface area contributed by atoms with Crippen molar-refractivity contribution in [3.63, 3.8) is 0 Å². The van der Waals surface area contributed by atoms with Crippen LogP contribution in [0.5, 0.6) is 0 Å². The van der Waals surface area contributed by atoms with Crippen LogP contribution in [0.2, 0.25) is 0 Å². The zero-order valence-corrected chi connectivity index (χ0v) is 13.2. The molecule has 0 N–H and O–H groups in total. The van der Waals surface area contributed by atoms with Gasteiger partial charge in [0, 0.05) is 18.2 Å². The summed E-state index contributed by atoms with van der Waals surface area (Å²) in [6, 6.07) is 4.91. The number of rotatable bonds is 5. The number of aromatic nitrogens is 3. The predicted octanol–water partition coefficient (Wildman–Crippen LogP) is 5.22. The van der Waals surface area contributed by atoms with E-state index in [1.807, 2.05) is 0 Å². The zero-order chi connectivity index (χ0) is 18.2. The molecule has 0 unspecified atom stereocenters. The van der Waals surface area contributed by atoms with Gasteiger partial charge in [0.1, 0.15) is 23.4 Å². The van der Waals surface area contributed by atoms with Crippen molar-refractivity contribution in [2.45, 2.75) is 32.2 Å². The summed E-state index contributed by atoms with van der Waals surface area (Å²) < 4.78 is 67.1. The van der Waals surface area contributed by atoms with E-state index in [9.17, 15) is 22.0 Å². The third kappa shape index (κ3) is 3.62. The van der Waals surface area contributed by atoms with Crippen LogP contribution in [0.4, 0.5) is 22.0 Å². The van der Waals surface area contributed by atoms with Crippen LogP contribution in [-0.4, -0.2) is 20.7 Å². The third-order valence-electron chi connectivity index (χ3n) is 3.88. The van der Waals surface area contributed by atoms with Gasteiger partial charge in [-0.2, -0.15) is 5.10 Å². The van der Waals surface area contributed by atoms with E-state index in [0.717, 1.165) is 16.8 Å². The highest BCUT2D eigenvalue weighted by atomic mass is 19.3. The maximum atomic E-state index is 13.5. The van der Waals surface area contributed by atoms with E-state index in [-0.39, 0.29) is 6.42 Å². The lowest BCUT2D eigenvalue weighted by Gasteiger charge is -2.12. The minimum absolute atomic E-state index is 0.312. The summed E-state index contributed by atoms with van der Waals surface area (Å²) in [6.07, 6.45) is -0.437. The van der Waals surface area contributed by atoms with Crippen molar-refractivity contribution in [3.05, 3.63) is 48.0 Å². The second-order valence-corrected chi connectivity index (χ2v) is 5.70. The van der Waals surface area contributed by atoms with Crippen molar-refractivity contribution in [1.82, 2.24) is 14.8 Å². The first-order chi connectivity index (χ1) is 11.8. The van der Waals surface area contributed by atoms with Crippen LogP contribution in [0.15, 0.2) is 36.7 Å². The van der Waals surface area contributed by atoms with Gasteiger partial charge < -0.3 is 0 Å². The van der Waals surface area contributed by atoms with Crippen molar-refractivity contribution in [2.24, 2.45) is 0 Å². The van der Waals surface area contributed by atoms with Gasteiger partial charge in [0.25, 0.3) is 12.3 Å². The van der Waals surface area contributed by atoms with E-state index in [1.54, 1.807) is 6.07 Å². The molecule has 3 nitrogen and oxygen atoms in total. The lowest BCUT2D eigenvalue weighted by molar-refractivity contribution is -0.0227. The van der Waals surface area contributed by atoms with E-state index in [1.165, 1.54) is 25.4 Å². The van der Waals surface area contributed by atoms with E-state index in [0.29, 0.717) is 22.2 Å². The summed E-state index contributed by atoms with van der Waals surface area (Å²) in [5, 5.41) is 4.06. The number of pyridine rings is 1. The first kappa shape index (κ1) is 17.3. The molecule has 0 radical (unpaired) electrons. The van der Waals surface area contributed by atoms with E-state index in [4.69, 9.17) is 0 Å². The molecule has 0 saturated carbocycles. The summed E-state index contributed by atoms with van der Waals surface area (Å²) in [4.78, 5) is 4.12. The highest BCUT2D eigenvalue weighted by Gasteiger charge is 2.27. The molecule has 0 aliphatic heterocycles. The number of alkyl halides is 4. The Morgan fingerprint density at radius 2 is 1.88 bits per heavy atom. The molecule has 25 heavy (non-hydrogen) atoms. The first-order valence-corrected chi connectivity index (χ1v) is 7.58. The Morgan fingerprint density at radius 1 is 1.12 bits per heavy atom. The molecule has 3 aromatic rings. The summed E-state index contributed by atoms with van der Waals surface area (Å²) in [5.74, 6) is -3.87. The fourth-order valence-corrected chi connectivity index (χ4v) is 2.43. The van der Waals surface area contributed by atoms with Gasteiger partial charge in [-0.15, -0.1) is 0 Å². The summed E-state index contributed by atoms with van der Waals surface area (Å²) in [7, 11) is 0. The molecule has 0 atom stereocenters. The molecule has 0 amide bonds. The van der Waals surface area contributed by atoms with Crippen LogP contribution in [0, 0.1) is 5.82 Å². The maximum Gasteiger partial charge on any atom is 0.267 e. The minimum Gasteiger partial charge on any atom is -0.264 e. The van der Waals surface area contributed by atoms with Gasteiger partial charge in [-0.3, -0.25) is 9.67 Å². The van der Waals surface area contributed by atoms with Crippen LogP contribution in [0.3, 0.4) is 0 Å². The molecule has 1 aromatic carbocycles. The fourth-order valence-electron chi connectivity index (χ4n) is 2.43. The monoisotopic (exact) mass is 355 g/mol. The summed E-state index contributed by atoms with van der Waals surface area (Å²) in [5.41, 5.74) is 0.853. The average molecular weight is 355 g/mol. The highest BCUT2D eigenvalue weighted by molar-refractivity contribution is 5.79. The molecule has 132 valence electrons. The molecule has 8 heteroatoms. The Morgan fingerprint density at radius 3 is 2.56 bits per heavy atom. The molecule has 0 spiro atoms. The SMILES string of the molecule is CCC(F)(F)Cn1cc2ncc(-c3ccc(F)c(C(F)F)c3)cc2n1. The van der Waals surface area contributed by atoms with Crippen molar-refractivity contribution in [3.8, 4) is 11.1 Å². The van der Waals surface area contributed by atoms with Gasteiger partial charge in [-0.1, -0.05) is 13.0 Å². The normalized spacial score (nSPS) is 12.3. The van der Waals surface area contributed by atoms with Gasteiger partial charge in [-0.05, 0) is 23.8 Å². The third-order valence-corrected chi connectivity index (χ3v) is 3.88. The number of nitrogens with zero attached hydrogens (tertiary/aromatic N) is 3. The van der Waals surface area contributed by atoms with Crippen molar-refractivity contribution >= 4 is 11.0 Å². The summed E-state index contributed by atoms with van der Waals surface area (Å²) in [6.45, 7) is 0.815. The van der Waals surface area contributed by atoms with Crippen molar-refractivity contribution < 1.29 is 22.0 Å². The molecule has 2 aromatic heterocycles. The fraction of sp³-hybridized carbons (Fsp3) is 0.294. The Hall–Kier alpha value is -2.51. The Labute approximate surface area is 140 Å². The zero-order valence-electron chi connectivity index (χ0n) is 13.2. The van der Waals surface area contributed by atoms with Gasteiger partial charge >= 0.3 is 0 Å². The van der Waals surface area contributed by atoms with Gasteiger partial charge in [0.05, 0.1) is 11.8 Å². The number of hydrogen-bond donors (Lipinski definition) is 0. The second kappa shape index (κ2) is 6.42. The molecule has 0 fully saturated rings. The Bertz CT molecular complexity index is 904.